The van der Waals surface area contributed by atoms with Gasteiger partial charge in [-0.25, -0.2) is 14.4 Å². The minimum atomic E-state index is -0.440. The predicted molar refractivity (Wildman–Crippen MR) is 99.1 cm³/mol. The highest BCUT2D eigenvalue weighted by atomic mass is 19.1. The maximum Gasteiger partial charge on any atom is 0.218 e. The van der Waals surface area contributed by atoms with Crippen LogP contribution in [-0.2, 0) is 0 Å². The van der Waals surface area contributed by atoms with Gasteiger partial charge in [0.05, 0.1) is 5.52 Å². The Labute approximate surface area is 153 Å². The Morgan fingerprint density at radius 1 is 1.00 bits per heavy atom. The second-order valence-corrected chi connectivity index (χ2v) is 5.55. The van der Waals surface area contributed by atoms with E-state index in [9.17, 15) is 9.50 Å². The highest BCUT2D eigenvalue weighted by Gasteiger charge is 2.12. The Morgan fingerprint density at radius 3 is 2.56 bits per heavy atom. The van der Waals surface area contributed by atoms with E-state index in [1.54, 1.807) is 48.8 Å². The highest BCUT2D eigenvalue weighted by Crippen LogP contribution is 2.35. The molecule has 7 nitrogen and oxygen atoms in total. The number of aliphatic imine (C=N–C) groups is 1. The van der Waals surface area contributed by atoms with Gasteiger partial charge in [-0.15, -0.1) is 10.2 Å². The van der Waals surface area contributed by atoms with Gasteiger partial charge in [0.1, 0.15) is 11.5 Å². The first-order chi connectivity index (χ1) is 13.2. The molecular weight excluding hydrogens is 347 g/mol. The third kappa shape index (κ3) is 3.54. The number of amidine groups is 1. The molecule has 4 rings (SSSR count). The number of fused-ring (bicyclic) bond motifs is 1. The van der Waals surface area contributed by atoms with Crippen LogP contribution in [0.5, 0.6) is 5.88 Å². The molecule has 3 heterocycles. The summed E-state index contributed by atoms with van der Waals surface area (Å²) in [6, 6.07) is 14.7. The summed E-state index contributed by atoms with van der Waals surface area (Å²) in [5.74, 6) is -0.00615. The molecule has 0 atom stereocenters. The summed E-state index contributed by atoms with van der Waals surface area (Å²) in [5.41, 5.74) is 1.15. The summed E-state index contributed by atoms with van der Waals surface area (Å²) in [6.45, 7) is 0. The molecular formula is C19H13FN6O. The minimum Gasteiger partial charge on any atom is -0.493 e. The number of aromatic hydroxyl groups is 1. The lowest BCUT2D eigenvalue weighted by molar-refractivity contribution is 0.459. The number of azo groups is 1. The molecule has 0 spiro atoms. The van der Waals surface area contributed by atoms with Crippen LogP contribution in [0.4, 0.5) is 15.9 Å². The molecule has 132 valence electrons. The van der Waals surface area contributed by atoms with E-state index < -0.39 is 5.82 Å². The van der Waals surface area contributed by atoms with Crippen LogP contribution in [0.1, 0.15) is 5.69 Å². The Bertz CT molecular complexity index is 1140. The third-order valence-electron chi connectivity index (χ3n) is 3.72. The molecule has 0 aliphatic carbocycles. The smallest absolute Gasteiger partial charge is 0.218 e. The van der Waals surface area contributed by atoms with Gasteiger partial charge in [0.2, 0.25) is 11.7 Å². The van der Waals surface area contributed by atoms with Crippen molar-refractivity contribution in [1.82, 2.24) is 15.0 Å². The fourth-order valence-electron chi connectivity index (χ4n) is 2.49. The van der Waals surface area contributed by atoms with Crippen molar-refractivity contribution >= 4 is 28.2 Å². The van der Waals surface area contributed by atoms with Crippen molar-refractivity contribution in [2.45, 2.75) is 0 Å². The fourth-order valence-corrected chi connectivity index (χ4v) is 2.49. The van der Waals surface area contributed by atoms with E-state index in [-0.39, 0.29) is 17.4 Å². The second-order valence-electron chi connectivity index (χ2n) is 5.55. The maximum atomic E-state index is 13.6. The van der Waals surface area contributed by atoms with Crippen LogP contribution in [0.25, 0.3) is 10.9 Å². The highest BCUT2D eigenvalue weighted by molar-refractivity contribution is 6.00. The zero-order valence-electron chi connectivity index (χ0n) is 13.9. The van der Waals surface area contributed by atoms with Crippen LogP contribution < -0.4 is 0 Å². The standard InChI is InChI=1S/C19H13FN6O/c20-12-7-8-14-13(11-12)17(19(27)23-14)25-26-18(15-5-1-3-9-21-15)24-16-6-2-4-10-22-16/h1-11,23,27H. The van der Waals surface area contributed by atoms with Gasteiger partial charge in [0.25, 0.3) is 0 Å². The Balaban J connectivity index is 1.80. The summed E-state index contributed by atoms with van der Waals surface area (Å²) in [4.78, 5) is 15.5. The quantitative estimate of drug-likeness (QED) is 0.316. The molecule has 3 aromatic heterocycles. The van der Waals surface area contributed by atoms with Crippen LogP contribution in [0.15, 0.2) is 82.2 Å². The van der Waals surface area contributed by atoms with E-state index in [2.05, 4.69) is 30.2 Å². The molecule has 4 aromatic rings. The van der Waals surface area contributed by atoms with Gasteiger partial charge >= 0.3 is 0 Å². The minimum absolute atomic E-state index is 0.120. The normalized spacial score (nSPS) is 12.1. The Kier molecular flexibility index (Phi) is 4.36. The van der Waals surface area contributed by atoms with Gasteiger partial charge in [-0.05, 0) is 42.5 Å². The van der Waals surface area contributed by atoms with Crippen LogP contribution in [0.2, 0.25) is 0 Å². The van der Waals surface area contributed by atoms with E-state index in [0.717, 1.165) is 0 Å². The van der Waals surface area contributed by atoms with Gasteiger partial charge in [0.15, 0.2) is 11.5 Å². The van der Waals surface area contributed by atoms with E-state index in [4.69, 9.17) is 0 Å². The number of H-pyrrole nitrogens is 1. The maximum absolute atomic E-state index is 13.6. The van der Waals surface area contributed by atoms with Gasteiger partial charge < -0.3 is 10.1 Å². The number of nitrogens with zero attached hydrogens (tertiary/aromatic N) is 5. The van der Waals surface area contributed by atoms with E-state index in [1.807, 2.05) is 0 Å². The van der Waals surface area contributed by atoms with Crippen LogP contribution in [0, 0.1) is 5.82 Å². The number of benzene rings is 1. The molecule has 0 amide bonds. The summed E-state index contributed by atoms with van der Waals surface area (Å²) >= 11 is 0. The number of rotatable bonds is 3. The van der Waals surface area contributed by atoms with Crippen LogP contribution in [0.3, 0.4) is 0 Å². The molecule has 0 fully saturated rings. The summed E-state index contributed by atoms with van der Waals surface area (Å²) < 4.78 is 13.6. The molecule has 2 N–H and O–H groups in total. The van der Waals surface area contributed by atoms with E-state index in [0.29, 0.717) is 22.4 Å². The van der Waals surface area contributed by atoms with Gasteiger partial charge in [-0.1, -0.05) is 12.1 Å². The molecule has 0 unspecified atom stereocenters. The molecule has 0 saturated heterocycles. The van der Waals surface area contributed by atoms with Gasteiger partial charge in [0, 0.05) is 17.8 Å². The van der Waals surface area contributed by atoms with Crippen molar-refractivity contribution in [1.29, 1.82) is 0 Å². The van der Waals surface area contributed by atoms with Crippen molar-refractivity contribution in [2.24, 2.45) is 15.2 Å². The molecule has 0 bridgehead atoms. The van der Waals surface area contributed by atoms with Gasteiger partial charge in [-0.2, -0.15) is 0 Å². The summed E-state index contributed by atoms with van der Waals surface area (Å²) in [7, 11) is 0. The molecule has 0 radical (unpaired) electrons. The van der Waals surface area contributed by atoms with Crippen molar-refractivity contribution in [3.8, 4) is 5.88 Å². The first kappa shape index (κ1) is 16.5. The van der Waals surface area contributed by atoms with Crippen molar-refractivity contribution in [3.63, 3.8) is 0 Å². The Morgan fingerprint density at radius 2 is 1.81 bits per heavy atom. The third-order valence-corrected chi connectivity index (χ3v) is 3.72. The van der Waals surface area contributed by atoms with Crippen molar-refractivity contribution < 1.29 is 9.50 Å². The average Bonchev–Trinajstić information content (AvgIpc) is 3.01. The van der Waals surface area contributed by atoms with Crippen LogP contribution in [-0.4, -0.2) is 25.9 Å². The first-order valence-corrected chi connectivity index (χ1v) is 8.04. The number of aromatic amines is 1. The monoisotopic (exact) mass is 360 g/mol. The topological polar surface area (TPSA) is 98.9 Å². The molecule has 0 aliphatic rings. The fraction of sp³-hybridized carbons (Fsp3) is 0. The predicted octanol–water partition coefficient (Wildman–Crippen LogP) is 4.66. The number of hydrogen-bond donors (Lipinski definition) is 2. The SMILES string of the molecule is Oc1[nH]c2ccc(F)cc2c1N=NC(=Nc1ccccn1)c1ccccn1. The second kappa shape index (κ2) is 7.12. The molecule has 27 heavy (non-hydrogen) atoms. The molecule has 0 saturated carbocycles. The number of aromatic nitrogens is 3. The number of nitrogens with one attached hydrogen (secondary N) is 1. The average molecular weight is 360 g/mol. The Hall–Kier alpha value is -3.94. The van der Waals surface area contributed by atoms with E-state index in [1.165, 1.54) is 18.2 Å². The summed E-state index contributed by atoms with van der Waals surface area (Å²) in [5, 5.41) is 18.7. The van der Waals surface area contributed by atoms with E-state index >= 15 is 0 Å². The number of pyridine rings is 2. The zero-order valence-corrected chi connectivity index (χ0v) is 13.9. The lowest BCUT2D eigenvalue weighted by Crippen LogP contribution is -1.99. The van der Waals surface area contributed by atoms with Crippen molar-refractivity contribution in [2.75, 3.05) is 0 Å². The van der Waals surface area contributed by atoms with Gasteiger partial charge in [-0.3, -0.25) is 4.98 Å². The molecule has 0 aliphatic heterocycles. The number of halogens is 1. The largest absolute Gasteiger partial charge is 0.493 e. The lowest BCUT2D eigenvalue weighted by atomic mass is 10.2. The zero-order chi connectivity index (χ0) is 18.6. The summed E-state index contributed by atoms with van der Waals surface area (Å²) in [6.07, 6.45) is 3.22. The molecule has 8 heteroatoms. The lowest BCUT2D eigenvalue weighted by Gasteiger charge is -1.99. The first-order valence-electron chi connectivity index (χ1n) is 8.04. The van der Waals surface area contributed by atoms with Crippen LogP contribution >= 0.6 is 0 Å². The number of hydrogen-bond acceptors (Lipinski definition) is 5. The molecule has 1 aromatic carbocycles. The van der Waals surface area contributed by atoms with Crippen molar-refractivity contribution in [3.05, 3.63) is 78.5 Å².